The first-order valence-corrected chi connectivity index (χ1v) is 17.8. The van der Waals surface area contributed by atoms with E-state index in [4.69, 9.17) is 14.7 Å². The largest absolute Gasteiger partial charge is 2.00 e. The van der Waals surface area contributed by atoms with Crippen LogP contribution in [0.2, 0.25) is 0 Å². The van der Waals surface area contributed by atoms with E-state index < -0.39 is 11.1 Å². The Hall–Kier alpha value is -4.99. The first-order valence-electron chi connectivity index (χ1n) is 17.8. The van der Waals surface area contributed by atoms with E-state index in [0.717, 1.165) is 61.0 Å². The van der Waals surface area contributed by atoms with Crippen molar-refractivity contribution >= 4 is 49.6 Å². The van der Waals surface area contributed by atoms with Gasteiger partial charge >= 0.3 is 21.1 Å². The van der Waals surface area contributed by atoms with Crippen LogP contribution < -0.4 is 0 Å². The Morgan fingerprint density at radius 3 is 2.06 bits per heavy atom. The van der Waals surface area contributed by atoms with E-state index >= 15 is 0 Å². The van der Waals surface area contributed by atoms with E-state index in [2.05, 4.69) is 161 Å². The van der Waals surface area contributed by atoms with Gasteiger partial charge in [0.25, 0.3) is 0 Å². The molecule has 8 aromatic rings. The van der Waals surface area contributed by atoms with E-state index in [0.29, 0.717) is 5.90 Å². The zero-order chi connectivity index (χ0) is 35.2. The zero-order valence-electron chi connectivity index (χ0n) is 30.5. The number of ether oxygens (including phenoxy) is 1. The van der Waals surface area contributed by atoms with Gasteiger partial charge in [0, 0.05) is 22.5 Å². The SMILES string of the molecule is Cc1cc(C2=N[C@](C)(C(C)C)[C@@](C)(c3ccccc3)O2)[c-]c(-n2c3[c-]c(-n4c5ccc(C)cc5c5cccnc54)ccc3c3cc(C)ccc32)c1.[Pt+2]. The van der Waals surface area contributed by atoms with Crippen LogP contribution in [0.3, 0.4) is 0 Å². The molecule has 5 aromatic carbocycles. The molecular weight excluding hydrogens is 820 g/mol. The Labute approximate surface area is 319 Å². The standard InChI is InChI=1S/C46H40N4O.Pt/c1-28(2)45(6)46(7,33-12-9-8-10-13-33)51-44(48-45)32-22-31(5)23-35(26-32)49-40-19-15-29(3)24-38(40)36-18-17-34(27-42(36)49)50-41-20-16-30(4)25-39(41)37-14-11-21-47-43(37)50;/h8-25,28H,1-7H3;/q-2;+2/t45-,46-;/m1./s1. The van der Waals surface area contributed by atoms with Crippen LogP contribution in [0.15, 0.2) is 114 Å². The number of aliphatic imine (C=N–C) groups is 1. The molecule has 52 heavy (non-hydrogen) atoms. The number of fused-ring (bicyclic) bond motifs is 6. The van der Waals surface area contributed by atoms with Crippen LogP contribution >= 0.6 is 0 Å². The second-order valence-electron chi connectivity index (χ2n) is 14.9. The molecule has 1 aliphatic rings. The van der Waals surface area contributed by atoms with Gasteiger partial charge < -0.3 is 13.9 Å². The summed E-state index contributed by atoms with van der Waals surface area (Å²) in [6.45, 7) is 15.3. The number of hydrogen-bond donors (Lipinski definition) is 0. The molecule has 0 spiro atoms. The van der Waals surface area contributed by atoms with Crippen LogP contribution in [0.5, 0.6) is 0 Å². The predicted octanol–water partition coefficient (Wildman–Crippen LogP) is 10.9. The molecular formula is C46H40N4OPt. The monoisotopic (exact) mass is 859 g/mol. The van der Waals surface area contributed by atoms with Gasteiger partial charge in [0.2, 0.25) is 0 Å². The molecule has 0 saturated carbocycles. The number of aromatic nitrogens is 3. The molecule has 0 aliphatic carbocycles. The fourth-order valence-electron chi connectivity index (χ4n) is 8.10. The third kappa shape index (κ3) is 5.00. The number of pyridine rings is 1. The van der Waals surface area contributed by atoms with Crippen LogP contribution in [-0.2, 0) is 31.4 Å². The van der Waals surface area contributed by atoms with Crippen molar-refractivity contribution < 1.29 is 25.8 Å². The van der Waals surface area contributed by atoms with E-state index in [1.165, 1.54) is 21.9 Å². The van der Waals surface area contributed by atoms with Gasteiger partial charge in [-0.05, 0) is 80.6 Å². The summed E-state index contributed by atoms with van der Waals surface area (Å²) < 4.78 is 11.5. The summed E-state index contributed by atoms with van der Waals surface area (Å²) in [6.07, 6.45) is 1.87. The third-order valence-electron chi connectivity index (χ3n) is 11.3. The molecule has 5 nitrogen and oxygen atoms in total. The molecule has 9 rings (SSSR count). The Morgan fingerprint density at radius 1 is 0.654 bits per heavy atom. The minimum Gasteiger partial charge on any atom is -0.508 e. The quantitative estimate of drug-likeness (QED) is 0.162. The normalized spacial score (nSPS) is 18.7. The maximum atomic E-state index is 6.97. The summed E-state index contributed by atoms with van der Waals surface area (Å²) in [5, 5.41) is 4.63. The molecule has 0 fully saturated rings. The topological polar surface area (TPSA) is 44.3 Å². The van der Waals surface area contributed by atoms with Crippen LogP contribution in [0.1, 0.15) is 55.5 Å². The van der Waals surface area contributed by atoms with Crippen molar-refractivity contribution in [1.29, 1.82) is 0 Å². The molecule has 2 atom stereocenters. The second-order valence-corrected chi connectivity index (χ2v) is 14.9. The molecule has 0 N–H and O–H groups in total. The maximum absolute atomic E-state index is 6.97. The van der Waals surface area contributed by atoms with Gasteiger partial charge in [-0.2, -0.15) is 6.07 Å². The average Bonchev–Trinajstić information content (AvgIpc) is 3.73. The average molecular weight is 860 g/mol. The van der Waals surface area contributed by atoms with Crippen LogP contribution in [0.25, 0.3) is 55.1 Å². The van der Waals surface area contributed by atoms with Gasteiger partial charge in [-0.1, -0.05) is 97.2 Å². The van der Waals surface area contributed by atoms with Crippen molar-refractivity contribution in [3.63, 3.8) is 0 Å². The molecule has 0 saturated heterocycles. The number of aryl methyl sites for hydroxylation is 3. The predicted molar refractivity (Wildman–Crippen MR) is 209 cm³/mol. The molecule has 4 heterocycles. The molecule has 0 amide bonds. The Kier molecular flexibility index (Phi) is 8.08. The Bertz CT molecular complexity index is 2720. The second kappa shape index (κ2) is 12.3. The van der Waals surface area contributed by atoms with Crippen LogP contribution in [0, 0.1) is 38.8 Å². The maximum Gasteiger partial charge on any atom is 2.00 e. The van der Waals surface area contributed by atoms with Crippen molar-refractivity contribution in [3.8, 4) is 11.4 Å². The van der Waals surface area contributed by atoms with E-state index in [-0.39, 0.29) is 27.0 Å². The zero-order valence-corrected chi connectivity index (χ0v) is 32.8. The molecule has 1 aliphatic heterocycles. The smallest absolute Gasteiger partial charge is 0.508 e. The number of rotatable bonds is 5. The Morgan fingerprint density at radius 2 is 1.35 bits per heavy atom. The summed E-state index contributed by atoms with van der Waals surface area (Å²) in [7, 11) is 0. The summed E-state index contributed by atoms with van der Waals surface area (Å²) >= 11 is 0. The van der Waals surface area contributed by atoms with Gasteiger partial charge in [-0.25, -0.2) is 4.98 Å². The van der Waals surface area contributed by atoms with E-state index in [1.807, 2.05) is 18.3 Å². The van der Waals surface area contributed by atoms with Crippen molar-refractivity contribution in [1.82, 2.24) is 14.1 Å². The summed E-state index contributed by atoms with van der Waals surface area (Å²) in [5.74, 6) is 0.854. The molecule has 6 heteroatoms. The number of hydrogen-bond acceptors (Lipinski definition) is 3. The first-order chi connectivity index (χ1) is 24.6. The molecule has 0 bridgehead atoms. The van der Waals surface area contributed by atoms with Crippen LogP contribution in [0.4, 0.5) is 0 Å². The fraction of sp³-hybridized carbons (Fsp3) is 0.217. The number of benzene rings is 5. The molecule has 0 radical (unpaired) electrons. The van der Waals surface area contributed by atoms with E-state index in [1.54, 1.807) is 0 Å². The van der Waals surface area contributed by atoms with Gasteiger partial charge in [-0.15, -0.1) is 41.3 Å². The van der Waals surface area contributed by atoms with Gasteiger partial charge in [-0.3, -0.25) is 4.99 Å². The van der Waals surface area contributed by atoms with Crippen molar-refractivity contribution in [2.24, 2.45) is 10.9 Å². The molecule has 3 aromatic heterocycles. The van der Waals surface area contributed by atoms with Gasteiger partial charge in [0.05, 0.1) is 11.1 Å². The minimum atomic E-state index is -0.641. The third-order valence-corrected chi connectivity index (χ3v) is 11.3. The van der Waals surface area contributed by atoms with E-state index in [9.17, 15) is 0 Å². The summed E-state index contributed by atoms with van der Waals surface area (Å²) in [5.41, 5.74) is 10.3. The minimum absolute atomic E-state index is 0. The van der Waals surface area contributed by atoms with Crippen molar-refractivity contribution in [2.75, 3.05) is 0 Å². The molecule has 260 valence electrons. The van der Waals surface area contributed by atoms with Crippen molar-refractivity contribution in [2.45, 2.75) is 59.6 Å². The van der Waals surface area contributed by atoms with Crippen LogP contribution in [-0.4, -0.2) is 25.6 Å². The first kappa shape index (κ1) is 34.1. The molecule has 0 unspecified atom stereocenters. The summed E-state index contributed by atoms with van der Waals surface area (Å²) in [6, 6.07) is 44.3. The fourth-order valence-corrected chi connectivity index (χ4v) is 8.10. The van der Waals surface area contributed by atoms with Gasteiger partial charge in [0.1, 0.15) is 17.1 Å². The Balaban J connectivity index is 0.00000387. The summed E-state index contributed by atoms with van der Waals surface area (Å²) in [4.78, 5) is 10.2. The number of nitrogens with zero attached hydrogens (tertiary/aromatic N) is 4. The van der Waals surface area contributed by atoms with Crippen molar-refractivity contribution in [3.05, 3.63) is 149 Å². The van der Waals surface area contributed by atoms with Gasteiger partial charge in [0.15, 0.2) is 0 Å².